The zero-order valence-electron chi connectivity index (χ0n) is 18.4. The molecule has 0 saturated heterocycles. The van der Waals surface area contributed by atoms with Gasteiger partial charge in [-0.3, -0.25) is 9.10 Å². The number of sulfonamides is 1. The summed E-state index contributed by atoms with van der Waals surface area (Å²) in [6.45, 7) is 6.14. The molecule has 164 valence electrons. The van der Waals surface area contributed by atoms with Gasteiger partial charge in [0.15, 0.2) is 0 Å². The van der Waals surface area contributed by atoms with Crippen LogP contribution in [0.15, 0.2) is 42.5 Å². The molecular weight excluding hydrogens is 400 g/mol. The molecular formula is C23H32N2O4S. The Morgan fingerprint density at radius 3 is 2.37 bits per heavy atom. The van der Waals surface area contributed by atoms with Crippen LogP contribution in [0.3, 0.4) is 0 Å². The van der Waals surface area contributed by atoms with Crippen molar-refractivity contribution < 1.29 is 17.9 Å². The van der Waals surface area contributed by atoms with E-state index in [0.29, 0.717) is 12.1 Å². The van der Waals surface area contributed by atoms with Crippen molar-refractivity contribution in [1.82, 2.24) is 5.32 Å². The average Bonchev–Trinajstić information content (AvgIpc) is 2.71. The number of carbonyl (C=O) groups excluding carboxylic acids is 1. The standard InChI is InChI=1S/C23H32N2O4S/c1-6-21(19-12-14-20(29-4)15-13-19)24-23(26)11-8-16-25(30(5,27)28)22-10-7-9-17(2)18(22)3/h7,9-10,12-15,21H,6,8,11,16H2,1-5H3,(H,24,26). The SMILES string of the molecule is CCC(NC(=O)CCCN(c1cccc(C)c1C)S(C)(=O)=O)c1ccc(OC)cc1. The Kier molecular flexibility index (Phi) is 8.29. The first kappa shape index (κ1) is 23.7. The Labute approximate surface area is 180 Å². The normalized spacial score (nSPS) is 12.3. The largest absolute Gasteiger partial charge is 0.497 e. The molecule has 1 amide bonds. The van der Waals surface area contributed by atoms with Crippen molar-refractivity contribution in [2.24, 2.45) is 0 Å². The second kappa shape index (κ2) is 10.5. The molecule has 1 N–H and O–H groups in total. The zero-order chi connectivity index (χ0) is 22.3. The molecule has 0 aliphatic heterocycles. The molecule has 2 aromatic carbocycles. The van der Waals surface area contributed by atoms with Crippen molar-refractivity contribution >= 4 is 21.6 Å². The number of amides is 1. The number of benzene rings is 2. The Balaban J connectivity index is 2.00. The van der Waals surface area contributed by atoms with Crippen LogP contribution in [0, 0.1) is 13.8 Å². The number of aryl methyl sites for hydroxylation is 1. The van der Waals surface area contributed by atoms with Crippen molar-refractivity contribution in [3.63, 3.8) is 0 Å². The second-order valence-corrected chi connectivity index (χ2v) is 9.37. The number of hydrogen-bond acceptors (Lipinski definition) is 4. The van der Waals surface area contributed by atoms with Gasteiger partial charge in [-0.25, -0.2) is 8.42 Å². The minimum atomic E-state index is -3.44. The van der Waals surface area contributed by atoms with Crippen LogP contribution in [-0.2, 0) is 14.8 Å². The van der Waals surface area contributed by atoms with Crippen LogP contribution in [-0.4, -0.2) is 34.2 Å². The van der Waals surface area contributed by atoms with E-state index in [9.17, 15) is 13.2 Å². The number of nitrogens with zero attached hydrogens (tertiary/aromatic N) is 1. The summed E-state index contributed by atoms with van der Waals surface area (Å²) in [6.07, 6.45) is 2.65. The third-order valence-electron chi connectivity index (χ3n) is 5.27. The number of rotatable bonds is 10. The van der Waals surface area contributed by atoms with Gasteiger partial charge in [0.05, 0.1) is 25.1 Å². The van der Waals surface area contributed by atoms with E-state index in [1.165, 1.54) is 10.6 Å². The van der Waals surface area contributed by atoms with Gasteiger partial charge >= 0.3 is 0 Å². The van der Waals surface area contributed by atoms with Gasteiger partial charge in [0, 0.05) is 13.0 Å². The van der Waals surface area contributed by atoms with Crippen molar-refractivity contribution in [3.05, 3.63) is 59.2 Å². The number of carbonyl (C=O) groups is 1. The molecule has 0 aliphatic carbocycles. The molecule has 6 nitrogen and oxygen atoms in total. The summed E-state index contributed by atoms with van der Waals surface area (Å²) >= 11 is 0. The fourth-order valence-electron chi connectivity index (χ4n) is 3.38. The lowest BCUT2D eigenvalue weighted by Crippen LogP contribution is -2.33. The third-order valence-corrected chi connectivity index (χ3v) is 6.45. The summed E-state index contributed by atoms with van der Waals surface area (Å²) in [5, 5.41) is 3.05. The number of methoxy groups -OCH3 is 1. The van der Waals surface area contributed by atoms with Crippen molar-refractivity contribution in [1.29, 1.82) is 0 Å². The molecule has 7 heteroatoms. The third kappa shape index (κ3) is 6.23. The molecule has 0 heterocycles. The molecule has 0 aliphatic rings. The number of anilines is 1. The summed E-state index contributed by atoms with van der Waals surface area (Å²) in [5.74, 6) is 0.680. The first-order valence-corrected chi connectivity index (χ1v) is 12.0. The molecule has 0 aromatic heterocycles. The Morgan fingerprint density at radius 1 is 1.13 bits per heavy atom. The number of hydrogen-bond donors (Lipinski definition) is 1. The van der Waals surface area contributed by atoms with Crippen LogP contribution in [0.2, 0.25) is 0 Å². The Hall–Kier alpha value is -2.54. The van der Waals surface area contributed by atoms with Crippen LogP contribution in [0.25, 0.3) is 0 Å². The van der Waals surface area contributed by atoms with Gasteiger partial charge in [0.25, 0.3) is 0 Å². The highest BCUT2D eigenvalue weighted by atomic mass is 32.2. The molecule has 0 radical (unpaired) electrons. The maximum absolute atomic E-state index is 12.5. The van der Waals surface area contributed by atoms with E-state index >= 15 is 0 Å². The van der Waals surface area contributed by atoms with E-state index in [1.807, 2.05) is 57.2 Å². The van der Waals surface area contributed by atoms with Crippen LogP contribution in [0.5, 0.6) is 5.75 Å². The molecule has 2 aromatic rings. The summed E-state index contributed by atoms with van der Waals surface area (Å²) in [4.78, 5) is 12.5. The molecule has 0 spiro atoms. The lowest BCUT2D eigenvalue weighted by Gasteiger charge is -2.25. The maximum atomic E-state index is 12.5. The quantitative estimate of drug-likeness (QED) is 0.613. The Morgan fingerprint density at radius 2 is 1.80 bits per heavy atom. The summed E-state index contributed by atoms with van der Waals surface area (Å²) < 4.78 is 31.3. The second-order valence-electron chi connectivity index (χ2n) is 7.46. The minimum Gasteiger partial charge on any atom is -0.497 e. The predicted molar refractivity (Wildman–Crippen MR) is 122 cm³/mol. The van der Waals surface area contributed by atoms with Gasteiger partial charge in [0.2, 0.25) is 15.9 Å². The molecule has 1 unspecified atom stereocenters. The van der Waals surface area contributed by atoms with Crippen LogP contribution >= 0.6 is 0 Å². The van der Waals surface area contributed by atoms with E-state index in [4.69, 9.17) is 4.74 Å². The van der Waals surface area contributed by atoms with Crippen LogP contribution in [0.4, 0.5) is 5.69 Å². The zero-order valence-corrected chi connectivity index (χ0v) is 19.3. The van der Waals surface area contributed by atoms with Crippen molar-refractivity contribution in [3.8, 4) is 5.75 Å². The highest BCUT2D eigenvalue weighted by molar-refractivity contribution is 7.92. The summed E-state index contributed by atoms with van der Waals surface area (Å²) in [6, 6.07) is 13.2. The van der Waals surface area contributed by atoms with E-state index < -0.39 is 10.0 Å². The highest BCUT2D eigenvalue weighted by Crippen LogP contribution is 2.25. The summed E-state index contributed by atoms with van der Waals surface area (Å²) in [5.41, 5.74) is 3.64. The van der Waals surface area contributed by atoms with E-state index in [2.05, 4.69) is 5.32 Å². The highest BCUT2D eigenvalue weighted by Gasteiger charge is 2.20. The van der Waals surface area contributed by atoms with Gasteiger partial charge in [-0.1, -0.05) is 31.2 Å². The molecule has 2 rings (SSSR count). The molecule has 0 saturated carbocycles. The van der Waals surface area contributed by atoms with Crippen LogP contribution < -0.4 is 14.4 Å². The van der Waals surface area contributed by atoms with Gasteiger partial charge in [-0.2, -0.15) is 0 Å². The molecule has 30 heavy (non-hydrogen) atoms. The van der Waals surface area contributed by atoms with Crippen molar-refractivity contribution in [2.45, 2.75) is 46.1 Å². The van der Waals surface area contributed by atoms with Crippen LogP contribution in [0.1, 0.15) is 48.9 Å². The lowest BCUT2D eigenvalue weighted by atomic mass is 10.0. The van der Waals surface area contributed by atoms with Crippen molar-refractivity contribution in [2.75, 3.05) is 24.2 Å². The molecule has 1 atom stereocenters. The predicted octanol–water partition coefficient (Wildman–Crippen LogP) is 4.13. The van der Waals surface area contributed by atoms with E-state index in [0.717, 1.165) is 28.9 Å². The fourth-order valence-corrected chi connectivity index (χ4v) is 4.39. The number of nitrogens with one attached hydrogen (secondary N) is 1. The molecule has 0 bridgehead atoms. The van der Waals surface area contributed by atoms with E-state index in [-0.39, 0.29) is 24.9 Å². The first-order valence-electron chi connectivity index (χ1n) is 10.1. The monoisotopic (exact) mass is 432 g/mol. The van der Waals surface area contributed by atoms with E-state index in [1.54, 1.807) is 13.2 Å². The number of ether oxygens (including phenoxy) is 1. The van der Waals surface area contributed by atoms with Gasteiger partial charge in [0.1, 0.15) is 5.75 Å². The fraction of sp³-hybridized carbons (Fsp3) is 0.435. The lowest BCUT2D eigenvalue weighted by molar-refractivity contribution is -0.121. The Bertz CT molecular complexity index is 956. The maximum Gasteiger partial charge on any atom is 0.232 e. The van der Waals surface area contributed by atoms with Gasteiger partial charge in [-0.15, -0.1) is 0 Å². The first-order chi connectivity index (χ1) is 14.2. The topological polar surface area (TPSA) is 75.7 Å². The van der Waals surface area contributed by atoms with Gasteiger partial charge in [-0.05, 0) is 61.6 Å². The summed E-state index contributed by atoms with van der Waals surface area (Å²) in [7, 11) is -1.83. The van der Waals surface area contributed by atoms with Gasteiger partial charge < -0.3 is 10.1 Å². The minimum absolute atomic E-state index is 0.0894. The average molecular weight is 433 g/mol. The molecule has 0 fully saturated rings. The smallest absolute Gasteiger partial charge is 0.232 e.